The summed E-state index contributed by atoms with van der Waals surface area (Å²) in [6, 6.07) is 8.19. The lowest BCUT2D eigenvalue weighted by molar-refractivity contribution is 0.277. The second-order valence-electron chi connectivity index (χ2n) is 15.5. The highest BCUT2D eigenvalue weighted by Crippen LogP contribution is 2.30. The number of fused-ring (bicyclic) bond motifs is 1. The van der Waals surface area contributed by atoms with Crippen LogP contribution in [0.25, 0.3) is 28.1 Å². The van der Waals surface area contributed by atoms with E-state index in [0.717, 1.165) is 88.6 Å². The number of guanidine groups is 1. The van der Waals surface area contributed by atoms with Crippen molar-refractivity contribution in [2.75, 3.05) is 39.2 Å². The third-order valence-electron chi connectivity index (χ3n) is 10.2. The van der Waals surface area contributed by atoms with E-state index >= 15 is 0 Å². The van der Waals surface area contributed by atoms with Crippen LogP contribution in [-0.2, 0) is 30.8 Å². The fourth-order valence-electron chi connectivity index (χ4n) is 7.32. The van der Waals surface area contributed by atoms with Gasteiger partial charge < -0.3 is 41.6 Å². The standard InChI is InChI=1S/C48H65N13.C2H6O/c1-12-16-22-51-23-21-39-29-41(36(9)50)31-43-46(39)59(48(55-43)54-38(11)45-28-34(7)57-61(45)15-4)25-19-17-18-24-58-42(20-13-2)30-40(35(8)49)26-32(5)52-47(58)53-37(10)44-27-33(6)56-60(44)14-3;1-3-2/h12,16-17,19,26-31,51H,5,8-11,13-15,18,20-25,49-50H2,1-4,6-7H3,(H,52,53)(H,54,55);1-2H3/b16-12-,19-17+,40-26+,42-30-;. The first-order valence-electron chi connectivity index (χ1n) is 22.0. The minimum Gasteiger partial charge on any atom is -0.399 e. The van der Waals surface area contributed by atoms with Gasteiger partial charge in [0.15, 0.2) is 0 Å². The number of aromatic nitrogens is 6. The van der Waals surface area contributed by atoms with Crippen molar-refractivity contribution in [3.8, 4) is 0 Å². The molecule has 3 aromatic heterocycles. The molecule has 0 bridgehead atoms. The van der Waals surface area contributed by atoms with Gasteiger partial charge in [-0.05, 0) is 108 Å². The second-order valence-corrected chi connectivity index (χ2v) is 15.5. The average molecular weight is 870 g/mol. The number of nitrogens with zero attached hydrogens (tertiary/aromatic N) is 8. The molecule has 0 fully saturated rings. The zero-order valence-corrected chi connectivity index (χ0v) is 39.5. The highest BCUT2D eigenvalue weighted by Gasteiger charge is 2.22. The van der Waals surface area contributed by atoms with Crippen molar-refractivity contribution in [3.63, 3.8) is 0 Å². The van der Waals surface area contributed by atoms with Gasteiger partial charge in [0.25, 0.3) is 0 Å². The first-order chi connectivity index (χ1) is 30.7. The minimum absolute atomic E-state index is 0.466. The molecule has 14 nitrogen and oxygen atoms in total. The molecule has 4 heterocycles. The fourth-order valence-corrected chi connectivity index (χ4v) is 7.32. The molecule has 0 saturated heterocycles. The Kier molecular flexibility index (Phi) is 19.0. The van der Waals surface area contributed by atoms with Crippen molar-refractivity contribution >= 4 is 40.0 Å². The Morgan fingerprint density at radius 1 is 0.891 bits per heavy atom. The number of rotatable bonds is 21. The van der Waals surface area contributed by atoms with Crippen LogP contribution < -0.4 is 27.4 Å². The summed E-state index contributed by atoms with van der Waals surface area (Å²) in [5.74, 6) is 1.30. The van der Waals surface area contributed by atoms with Crippen LogP contribution in [0.3, 0.4) is 0 Å². The normalized spacial score (nSPS) is 15.3. The zero-order valence-electron chi connectivity index (χ0n) is 39.5. The molecule has 0 spiro atoms. The lowest BCUT2D eigenvalue weighted by Crippen LogP contribution is -2.41. The van der Waals surface area contributed by atoms with Gasteiger partial charge in [-0.2, -0.15) is 10.2 Å². The van der Waals surface area contributed by atoms with Crippen LogP contribution in [0.1, 0.15) is 80.9 Å². The van der Waals surface area contributed by atoms with Gasteiger partial charge in [0.05, 0.1) is 45.2 Å². The summed E-state index contributed by atoms with van der Waals surface area (Å²) in [6.07, 6.45) is 15.7. The number of allylic oxidation sites excluding steroid dienone is 5. The minimum atomic E-state index is 0.466. The van der Waals surface area contributed by atoms with Gasteiger partial charge in [0.2, 0.25) is 11.9 Å². The average Bonchev–Trinajstić information content (AvgIpc) is 3.94. The molecule has 0 atom stereocenters. The Morgan fingerprint density at radius 2 is 1.56 bits per heavy atom. The van der Waals surface area contributed by atoms with Gasteiger partial charge >= 0.3 is 0 Å². The van der Waals surface area contributed by atoms with Crippen molar-refractivity contribution in [1.29, 1.82) is 0 Å². The second kappa shape index (κ2) is 24.3. The quantitative estimate of drug-likeness (QED) is 0.0405. The van der Waals surface area contributed by atoms with Gasteiger partial charge in [0, 0.05) is 75.3 Å². The topological polar surface area (TPSA) is 166 Å². The Labute approximate surface area is 380 Å². The van der Waals surface area contributed by atoms with Gasteiger partial charge in [-0.15, -0.1) is 0 Å². The summed E-state index contributed by atoms with van der Waals surface area (Å²) >= 11 is 0. The summed E-state index contributed by atoms with van der Waals surface area (Å²) in [6.45, 7) is 37.6. The number of nitrogens with two attached hydrogens (primary N) is 2. The number of imidazole rings is 1. The van der Waals surface area contributed by atoms with E-state index in [1.165, 1.54) is 0 Å². The molecular weight excluding hydrogens is 799 g/mol. The summed E-state index contributed by atoms with van der Waals surface area (Å²) in [5, 5.41) is 19.8. The highest BCUT2D eigenvalue weighted by atomic mass is 16.4. The molecule has 7 N–H and O–H groups in total. The number of methoxy groups -OCH3 is 1. The van der Waals surface area contributed by atoms with Crippen LogP contribution in [0.5, 0.6) is 0 Å². The maximum absolute atomic E-state index is 6.28. The molecule has 1 aromatic carbocycles. The molecule has 0 saturated carbocycles. The molecule has 342 valence electrons. The lowest BCUT2D eigenvalue weighted by Gasteiger charge is -2.31. The van der Waals surface area contributed by atoms with Gasteiger partial charge in [-0.1, -0.05) is 70.5 Å². The summed E-state index contributed by atoms with van der Waals surface area (Å²) in [4.78, 5) is 12.4. The predicted molar refractivity (Wildman–Crippen MR) is 269 cm³/mol. The molecule has 14 heteroatoms. The maximum atomic E-state index is 6.28. The molecule has 4 aromatic rings. The van der Waals surface area contributed by atoms with Crippen molar-refractivity contribution in [1.82, 2.24) is 44.6 Å². The first kappa shape index (κ1) is 50.0. The number of aliphatic imine (C=N–C) groups is 1. The number of hydrogen-bond acceptors (Lipinski definition) is 9. The van der Waals surface area contributed by atoms with E-state index in [9.17, 15) is 0 Å². The van der Waals surface area contributed by atoms with Crippen molar-refractivity contribution in [3.05, 3.63) is 150 Å². The molecule has 5 rings (SSSR count). The number of nitrogens with one attached hydrogen (secondary N) is 3. The summed E-state index contributed by atoms with van der Waals surface area (Å²) < 4.78 is 10.3. The third-order valence-corrected chi connectivity index (χ3v) is 10.2. The number of anilines is 1. The molecule has 1 aliphatic heterocycles. The predicted octanol–water partition coefficient (Wildman–Crippen LogP) is 8.54. The summed E-state index contributed by atoms with van der Waals surface area (Å²) in [5.41, 5.74) is 24.7. The Hall–Kier alpha value is -6.64. The van der Waals surface area contributed by atoms with Crippen LogP contribution in [0, 0.1) is 13.8 Å². The Bertz CT molecular complexity index is 2460. The number of hydrogen-bond donors (Lipinski definition) is 5. The molecule has 0 unspecified atom stereocenters. The third kappa shape index (κ3) is 13.2. The maximum Gasteiger partial charge on any atom is 0.208 e. The van der Waals surface area contributed by atoms with Crippen molar-refractivity contribution in [2.45, 2.75) is 86.9 Å². The van der Waals surface area contributed by atoms with E-state index in [0.29, 0.717) is 73.0 Å². The fraction of sp³-hybridized carbons (Fsp3) is 0.360. The molecule has 0 radical (unpaired) electrons. The molecule has 0 amide bonds. The molecule has 64 heavy (non-hydrogen) atoms. The first-order valence-corrected chi connectivity index (χ1v) is 22.0. The molecule has 1 aliphatic rings. The molecular formula is C50H71N13O. The van der Waals surface area contributed by atoms with E-state index in [2.05, 4.69) is 124 Å². The molecule has 0 aliphatic carbocycles. The summed E-state index contributed by atoms with van der Waals surface area (Å²) in [7, 11) is 3.25. The van der Waals surface area contributed by atoms with E-state index in [1.807, 2.05) is 60.5 Å². The van der Waals surface area contributed by atoms with Gasteiger partial charge in [-0.25, -0.2) is 9.98 Å². The Balaban J connectivity index is 0.00000291. The largest absolute Gasteiger partial charge is 0.399 e. The van der Waals surface area contributed by atoms with Crippen molar-refractivity contribution < 1.29 is 4.74 Å². The van der Waals surface area contributed by atoms with Crippen molar-refractivity contribution in [2.24, 2.45) is 16.5 Å². The van der Waals surface area contributed by atoms with Crippen LogP contribution in [0.4, 0.5) is 5.95 Å². The highest BCUT2D eigenvalue weighted by molar-refractivity contribution is 5.89. The smallest absolute Gasteiger partial charge is 0.208 e. The Morgan fingerprint density at radius 3 is 2.19 bits per heavy atom. The number of benzene rings is 1. The van der Waals surface area contributed by atoms with E-state index in [4.69, 9.17) is 21.4 Å². The lowest BCUT2D eigenvalue weighted by atomic mass is 10.0. The van der Waals surface area contributed by atoms with Crippen LogP contribution >= 0.6 is 0 Å². The SMILES string of the molecule is C=C1/C=C(C(=C)N)\C=C(\CCC)N(CC/C=C/Cn2c(NC(=C)c3cc(C)nn3CC)nc3cc(C(=C)N)cc(CCNC/C=C\C)c32)C(=NC(=C)c2cc(C)nn2CC)N1.COC. The van der Waals surface area contributed by atoms with Crippen LogP contribution in [-0.4, -0.2) is 73.8 Å². The van der Waals surface area contributed by atoms with E-state index < -0.39 is 0 Å². The zero-order chi connectivity index (χ0) is 46.9. The monoisotopic (exact) mass is 870 g/mol. The van der Waals surface area contributed by atoms with Crippen LogP contribution in [0.2, 0.25) is 0 Å². The van der Waals surface area contributed by atoms with E-state index in [1.54, 1.807) is 14.2 Å². The van der Waals surface area contributed by atoms with Gasteiger partial charge in [-0.3, -0.25) is 9.36 Å². The number of ether oxygens (including phenoxy) is 1. The van der Waals surface area contributed by atoms with Gasteiger partial charge in [0.1, 0.15) is 0 Å². The van der Waals surface area contributed by atoms with Crippen LogP contribution in [0.15, 0.2) is 121 Å². The van der Waals surface area contributed by atoms with E-state index in [-0.39, 0.29) is 0 Å². The number of aryl methyl sites for hydroxylation is 4.